The molecule has 0 aliphatic heterocycles. The Morgan fingerprint density at radius 2 is 1.41 bits per heavy atom. The van der Waals surface area contributed by atoms with Crippen molar-refractivity contribution in [2.45, 2.75) is 34.1 Å². The maximum absolute atomic E-state index is 14.7. The van der Waals surface area contributed by atoms with E-state index in [9.17, 15) is 25.6 Å². The highest BCUT2D eigenvalue weighted by atomic mass is 32.3. The van der Waals surface area contributed by atoms with E-state index in [2.05, 4.69) is 0 Å². The van der Waals surface area contributed by atoms with Gasteiger partial charge in [-0.25, -0.2) is 8.42 Å². The van der Waals surface area contributed by atoms with Crippen LogP contribution in [-0.2, 0) is 30.6 Å². The van der Waals surface area contributed by atoms with Crippen LogP contribution >= 0.6 is 11.8 Å². The predicted octanol–water partition coefficient (Wildman–Crippen LogP) is 5.93. The van der Waals surface area contributed by atoms with Gasteiger partial charge in [0.15, 0.2) is 0 Å². The SMILES string of the molecule is Cc1ccc(S(=O)(=O)O/C(=C/SC(F)(F)S(=O)(=O)c2ccccc2)CCc2ccccc2)cc1. The molecule has 5 nitrogen and oxygen atoms in total. The molecule has 3 aromatic rings. The van der Waals surface area contributed by atoms with Gasteiger partial charge >= 0.3 is 14.7 Å². The van der Waals surface area contributed by atoms with Crippen molar-refractivity contribution in [3.05, 3.63) is 107 Å². The second-order valence-electron chi connectivity index (χ2n) is 7.32. The molecule has 0 radical (unpaired) electrons. The lowest BCUT2D eigenvalue weighted by Gasteiger charge is -2.16. The molecule has 0 bridgehead atoms. The summed E-state index contributed by atoms with van der Waals surface area (Å²) < 4.78 is 80.7. The van der Waals surface area contributed by atoms with Crippen LogP contribution in [0.2, 0.25) is 0 Å². The van der Waals surface area contributed by atoms with E-state index in [1.807, 2.05) is 6.07 Å². The molecule has 3 aromatic carbocycles. The first-order valence-corrected chi connectivity index (χ1v) is 13.9. The highest BCUT2D eigenvalue weighted by Crippen LogP contribution is 2.41. The topological polar surface area (TPSA) is 77.5 Å². The van der Waals surface area contributed by atoms with Gasteiger partial charge in [0.25, 0.3) is 9.84 Å². The maximum Gasteiger partial charge on any atom is 0.401 e. The Hall–Kier alpha value is -2.69. The maximum atomic E-state index is 14.7. The summed E-state index contributed by atoms with van der Waals surface area (Å²) in [5.74, 6) is -0.294. The number of thioether (sulfide) groups is 1. The summed E-state index contributed by atoms with van der Waals surface area (Å²) in [7, 11) is -9.33. The molecule has 0 unspecified atom stereocenters. The number of aryl methyl sites for hydroxylation is 2. The fourth-order valence-corrected chi connectivity index (χ4v) is 6.06. The van der Waals surface area contributed by atoms with E-state index < -0.39 is 29.4 Å². The average molecular weight is 525 g/mol. The molecule has 0 aromatic heterocycles. The van der Waals surface area contributed by atoms with Crippen LogP contribution < -0.4 is 0 Å². The van der Waals surface area contributed by atoms with E-state index in [-0.39, 0.29) is 28.8 Å². The van der Waals surface area contributed by atoms with Gasteiger partial charge in [0.05, 0.1) is 4.90 Å². The third-order valence-electron chi connectivity index (χ3n) is 4.72. The Bertz CT molecular complexity index is 1340. The molecule has 3 rings (SSSR count). The normalized spacial score (nSPS) is 13.0. The van der Waals surface area contributed by atoms with Crippen molar-refractivity contribution < 1.29 is 29.8 Å². The molecule has 0 saturated carbocycles. The zero-order valence-corrected chi connectivity index (χ0v) is 20.5. The van der Waals surface area contributed by atoms with E-state index in [0.717, 1.165) is 28.7 Å². The molecule has 0 N–H and O–H groups in total. The first-order valence-electron chi connectivity index (χ1n) is 10.1. The number of allylic oxidation sites excluding steroid dienone is 1. The van der Waals surface area contributed by atoms with Gasteiger partial charge in [-0.2, -0.15) is 17.2 Å². The number of halogens is 2. The minimum Gasteiger partial charge on any atom is -0.383 e. The van der Waals surface area contributed by atoms with E-state index in [0.29, 0.717) is 6.42 Å². The summed E-state index contributed by atoms with van der Waals surface area (Å²) in [6.45, 7) is 1.79. The summed E-state index contributed by atoms with van der Waals surface area (Å²) in [5, 5.41) is 0.759. The zero-order valence-electron chi connectivity index (χ0n) is 18.1. The minimum absolute atomic E-state index is 0.0381. The largest absolute Gasteiger partial charge is 0.401 e. The van der Waals surface area contributed by atoms with E-state index in [1.54, 1.807) is 43.3 Å². The van der Waals surface area contributed by atoms with Gasteiger partial charge in [-0.1, -0.05) is 66.2 Å². The lowest BCUT2D eigenvalue weighted by molar-refractivity contribution is 0.196. The number of hydrogen-bond acceptors (Lipinski definition) is 6. The smallest absolute Gasteiger partial charge is 0.383 e. The van der Waals surface area contributed by atoms with Crippen molar-refractivity contribution in [3.8, 4) is 0 Å². The van der Waals surface area contributed by atoms with Crippen molar-refractivity contribution in [1.29, 1.82) is 0 Å². The van der Waals surface area contributed by atoms with Crippen LogP contribution in [0.15, 0.2) is 106 Å². The van der Waals surface area contributed by atoms with E-state index in [4.69, 9.17) is 4.18 Å². The quantitative estimate of drug-likeness (QED) is 0.242. The number of rotatable bonds is 10. The summed E-state index contributed by atoms with van der Waals surface area (Å²) in [6, 6.07) is 21.2. The molecule has 0 saturated heterocycles. The standard InChI is InChI=1S/C24H22F2O5S3/c1-19-12-16-23(17-13-19)34(29,30)31-21(15-14-20-8-4-2-5-9-20)18-32-24(25,26)33(27,28)22-10-6-3-7-11-22/h2-13,16-18H,14-15H2,1H3/b21-18+. The molecule has 180 valence electrons. The van der Waals surface area contributed by atoms with Crippen LogP contribution in [0.5, 0.6) is 0 Å². The minimum atomic E-state index is -5.02. The summed E-state index contributed by atoms with van der Waals surface area (Å²) >= 11 is -0.311. The lowest BCUT2D eigenvalue weighted by Crippen LogP contribution is -2.24. The van der Waals surface area contributed by atoms with Crippen LogP contribution in [0.25, 0.3) is 0 Å². The molecule has 0 amide bonds. The highest BCUT2D eigenvalue weighted by molar-refractivity contribution is 8.15. The monoisotopic (exact) mass is 524 g/mol. The fourth-order valence-electron chi connectivity index (χ4n) is 2.86. The first-order chi connectivity index (χ1) is 16.0. The summed E-state index contributed by atoms with van der Waals surface area (Å²) in [6.07, 6.45) is 0.261. The van der Waals surface area contributed by atoms with Gasteiger partial charge in [-0.15, -0.1) is 0 Å². The average Bonchev–Trinajstić information content (AvgIpc) is 2.82. The fraction of sp³-hybridized carbons (Fsp3) is 0.167. The van der Waals surface area contributed by atoms with Gasteiger partial charge in [-0.3, -0.25) is 0 Å². The lowest BCUT2D eigenvalue weighted by atomic mass is 10.1. The second-order valence-corrected chi connectivity index (χ2v) is 12.1. The predicted molar refractivity (Wildman–Crippen MR) is 128 cm³/mol. The molecule has 0 atom stereocenters. The van der Waals surface area contributed by atoms with Gasteiger partial charge < -0.3 is 4.18 Å². The molecule has 0 spiro atoms. The number of alkyl halides is 2. The summed E-state index contributed by atoms with van der Waals surface area (Å²) in [4.78, 5) is -0.683. The van der Waals surface area contributed by atoms with Crippen LogP contribution in [0, 0.1) is 6.92 Å². The highest BCUT2D eigenvalue weighted by Gasteiger charge is 2.46. The summed E-state index contributed by atoms with van der Waals surface area (Å²) in [5.41, 5.74) is 1.67. The molecule has 0 heterocycles. The van der Waals surface area contributed by atoms with Crippen LogP contribution in [0.1, 0.15) is 17.5 Å². The van der Waals surface area contributed by atoms with Crippen molar-refractivity contribution in [2.75, 3.05) is 0 Å². The van der Waals surface area contributed by atoms with Gasteiger partial charge in [0, 0.05) is 11.8 Å². The number of sulfone groups is 1. The second kappa shape index (κ2) is 10.7. The van der Waals surface area contributed by atoms with Crippen LogP contribution in [0.4, 0.5) is 8.78 Å². The van der Waals surface area contributed by atoms with Crippen molar-refractivity contribution in [3.63, 3.8) is 0 Å². The zero-order chi connectivity index (χ0) is 24.8. The van der Waals surface area contributed by atoms with Crippen LogP contribution in [0.3, 0.4) is 0 Å². The third kappa shape index (κ3) is 6.46. The molecular formula is C24H22F2O5S3. The van der Waals surface area contributed by atoms with E-state index in [1.165, 1.54) is 30.3 Å². The van der Waals surface area contributed by atoms with Gasteiger partial charge in [0.2, 0.25) is 0 Å². The van der Waals surface area contributed by atoms with Gasteiger partial charge in [-0.05, 0) is 54.9 Å². The molecule has 0 fully saturated rings. The van der Waals surface area contributed by atoms with Crippen molar-refractivity contribution in [2.24, 2.45) is 0 Å². The van der Waals surface area contributed by atoms with Gasteiger partial charge in [0.1, 0.15) is 10.7 Å². The number of benzene rings is 3. The van der Waals surface area contributed by atoms with Crippen molar-refractivity contribution >= 4 is 31.7 Å². The Balaban J connectivity index is 1.88. The Kier molecular flexibility index (Phi) is 8.17. The number of hydrogen-bond donors (Lipinski definition) is 0. The Morgan fingerprint density at radius 1 is 0.853 bits per heavy atom. The molecule has 34 heavy (non-hydrogen) atoms. The first kappa shape index (κ1) is 25.9. The van der Waals surface area contributed by atoms with E-state index >= 15 is 0 Å². The van der Waals surface area contributed by atoms with Crippen LogP contribution in [-0.4, -0.2) is 21.4 Å². The third-order valence-corrected chi connectivity index (χ3v) is 9.13. The Morgan fingerprint density at radius 3 is 2.00 bits per heavy atom. The molecular weight excluding hydrogens is 502 g/mol. The molecule has 0 aliphatic carbocycles. The molecule has 10 heteroatoms. The molecule has 0 aliphatic rings. The van der Waals surface area contributed by atoms with Crippen molar-refractivity contribution in [1.82, 2.24) is 0 Å². The Labute approximate surface area is 202 Å².